The van der Waals surface area contributed by atoms with Crippen molar-refractivity contribution in [1.29, 1.82) is 0 Å². The molecule has 0 radical (unpaired) electrons. The molecule has 1 aliphatic rings. The number of rotatable bonds is 8. The van der Waals surface area contributed by atoms with Crippen LogP contribution in [0.4, 0.5) is 5.69 Å². The van der Waals surface area contributed by atoms with Crippen LogP contribution in [0.5, 0.6) is 11.5 Å². The molecule has 1 aliphatic heterocycles. The van der Waals surface area contributed by atoms with Crippen molar-refractivity contribution in [3.05, 3.63) is 63.2 Å². The highest BCUT2D eigenvalue weighted by atomic mass is 16.6. The molecule has 1 saturated heterocycles. The molecule has 2 aromatic rings. The Hall–Kier alpha value is -3.13. The molecule has 30 heavy (non-hydrogen) atoms. The van der Waals surface area contributed by atoms with Crippen LogP contribution in [0, 0.1) is 10.1 Å². The second-order valence-corrected chi connectivity index (χ2v) is 7.27. The molecule has 0 atom stereocenters. The van der Waals surface area contributed by atoms with E-state index in [1.807, 2.05) is 18.2 Å². The first kappa shape index (κ1) is 21.6. The van der Waals surface area contributed by atoms with Crippen molar-refractivity contribution >= 4 is 11.6 Å². The summed E-state index contributed by atoms with van der Waals surface area (Å²) in [6.45, 7) is 3.29. The predicted octanol–water partition coefficient (Wildman–Crippen LogP) is 3.53. The third-order valence-corrected chi connectivity index (χ3v) is 5.34. The van der Waals surface area contributed by atoms with Crippen LogP contribution in [-0.2, 0) is 13.1 Å². The van der Waals surface area contributed by atoms with E-state index in [1.54, 1.807) is 0 Å². The highest BCUT2D eigenvalue weighted by molar-refractivity contribution is 5.99. The summed E-state index contributed by atoms with van der Waals surface area (Å²) in [5, 5.41) is 14.3. The molecular formula is C22H27N3O5. The molecule has 0 spiro atoms. The molecule has 8 nitrogen and oxygen atoms in total. The third-order valence-electron chi connectivity index (χ3n) is 5.34. The summed E-state index contributed by atoms with van der Waals surface area (Å²) in [7, 11) is 2.81. The number of likely N-dealkylation sites (tertiary alicyclic amines) is 1. The van der Waals surface area contributed by atoms with Crippen LogP contribution in [0.25, 0.3) is 0 Å². The van der Waals surface area contributed by atoms with E-state index < -0.39 is 10.8 Å². The largest absolute Gasteiger partial charge is 0.493 e. The average molecular weight is 413 g/mol. The Balaban J connectivity index is 1.77. The lowest BCUT2D eigenvalue weighted by Gasteiger charge is -2.27. The Kier molecular flexibility index (Phi) is 7.24. The van der Waals surface area contributed by atoms with E-state index in [4.69, 9.17) is 9.47 Å². The zero-order valence-electron chi connectivity index (χ0n) is 17.3. The Labute approximate surface area is 175 Å². The number of methoxy groups -OCH3 is 2. The number of hydrogen-bond donors (Lipinski definition) is 1. The molecule has 160 valence electrons. The Morgan fingerprint density at radius 1 is 1.07 bits per heavy atom. The van der Waals surface area contributed by atoms with E-state index in [0.29, 0.717) is 0 Å². The van der Waals surface area contributed by atoms with E-state index >= 15 is 0 Å². The van der Waals surface area contributed by atoms with E-state index in [-0.39, 0.29) is 29.3 Å². The molecule has 1 amide bonds. The summed E-state index contributed by atoms with van der Waals surface area (Å²) in [5.41, 5.74) is 1.76. The summed E-state index contributed by atoms with van der Waals surface area (Å²) in [6.07, 6.45) is 3.70. The number of amides is 1. The van der Waals surface area contributed by atoms with Gasteiger partial charge in [0.05, 0.1) is 25.2 Å². The summed E-state index contributed by atoms with van der Waals surface area (Å²) in [4.78, 5) is 26.1. The minimum Gasteiger partial charge on any atom is -0.493 e. The number of nitrogens with zero attached hydrogens (tertiary/aromatic N) is 2. The van der Waals surface area contributed by atoms with Gasteiger partial charge >= 0.3 is 0 Å². The standard InChI is InChI=1S/C22H27N3O5/c1-29-20-12-18(19(25(27)28)13-21(20)30-2)22(26)23-14-16-8-4-5-9-17(16)15-24-10-6-3-7-11-24/h4-5,8-9,12-13H,3,6-7,10-11,14-15H2,1-2H3,(H,23,26). The number of benzene rings is 2. The topological polar surface area (TPSA) is 93.9 Å². The number of hydrogen-bond acceptors (Lipinski definition) is 6. The van der Waals surface area contributed by atoms with Crippen LogP contribution in [0.1, 0.15) is 40.7 Å². The van der Waals surface area contributed by atoms with Crippen LogP contribution in [0.3, 0.4) is 0 Å². The van der Waals surface area contributed by atoms with Gasteiger partial charge in [0, 0.05) is 19.2 Å². The van der Waals surface area contributed by atoms with Gasteiger partial charge in [0.15, 0.2) is 11.5 Å². The van der Waals surface area contributed by atoms with Crippen LogP contribution in [-0.4, -0.2) is 43.0 Å². The van der Waals surface area contributed by atoms with E-state index in [1.165, 1.54) is 45.6 Å². The SMILES string of the molecule is COc1cc(C(=O)NCc2ccccc2CN2CCCCC2)c([N+](=O)[O-])cc1OC. The van der Waals surface area contributed by atoms with Gasteiger partial charge in [-0.05, 0) is 37.1 Å². The highest BCUT2D eigenvalue weighted by Gasteiger charge is 2.24. The van der Waals surface area contributed by atoms with Gasteiger partial charge in [0.2, 0.25) is 0 Å². The number of nitrogens with one attached hydrogen (secondary N) is 1. The molecule has 0 unspecified atom stereocenters. The Morgan fingerprint density at radius 2 is 1.70 bits per heavy atom. The van der Waals surface area contributed by atoms with Gasteiger partial charge in [-0.25, -0.2) is 0 Å². The van der Waals surface area contributed by atoms with Crippen molar-refractivity contribution in [2.75, 3.05) is 27.3 Å². The van der Waals surface area contributed by atoms with Crippen molar-refractivity contribution in [3.8, 4) is 11.5 Å². The molecule has 1 N–H and O–H groups in total. The lowest BCUT2D eigenvalue weighted by atomic mass is 10.0. The third kappa shape index (κ3) is 5.07. The van der Waals surface area contributed by atoms with Gasteiger partial charge in [-0.1, -0.05) is 30.7 Å². The van der Waals surface area contributed by atoms with Gasteiger partial charge in [-0.3, -0.25) is 19.8 Å². The van der Waals surface area contributed by atoms with Gasteiger partial charge in [0.1, 0.15) is 5.56 Å². The molecule has 8 heteroatoms. The van der Waals surface area contributed by atoms with Gasteiger partial charge < -0.3 is 14.8 Å². The fraction of sp³-hybridized carbons (Fsp3) is 0.409. The molecule has 0 saturated carbocycles. The lowest BCUT2D eigenvalue weighted by Crippen LogP contribution is -2.30. The number of carbonyl (C=O) groups excluding carboxylic acids is 1. The fourth-order valence-corrected chi connectivity index (χ4v) is 3.71. The zero-order chi connectivity index (χ0) is 21.5. The molecule has 3 rings (SSSR count). The van der Waals surface area contributed by atoms with Gasteiger partial charge in [-0.2, -0.15) is 0 Å². The number of nitro groups is 1. The molecule has 0 aliphatic carbocycles. The van der Waals surface area contributed by atoms with Crippen molar-refractivity contribution in [2.45, 2.75) is 32.4 Å². The number of ether oxygens (including phenoxy) is 2. The molecule has 0 aromatic heterocycles. The summed E-state index contributed by atoms with van der Waals surface area (Å²) in [6, 6.07) is 10.5. The molecule has 1 heterocycles. The fourth-order valence-electron chi connectivity index (χ4n) is 3.71. The van der Waals surface area contributed by atoms with Crippen molar-refractivity contribution < 1.29 is 19.2 Å². The number of piperidine rings is 1. The zero-order valence-corrected chi connectivity index (χ0v) is 17.3. The molecular weight excluding hydrogens is 386 g/mol. The minimum absolute atomic E-state index is 0.0637. The first-order valence-electron chi connectivity index (χ1n) is 10.0. The summed E-state index contributed by atoms with van der Waals surface area (Å²) >= 11 is 0. The lowest BCUT2D eigenvalue weighted by molar-refractivity contribution is -0.385. The van der Waals surface area contributed by atoms with Crippen molar-refractivity contribution in [1.82, 2.24) is 10.2 Å². The van der Waals surface area contributed by atoms with Gasteiger partial charge in [-0.15, -0.1) is 0 Å². The van der Waals surface area contributed by atoms with Crippen LogP contribution in [0.2, 0.25) is 0 Å². The maximum atomic E-state index is 12.8. The summed E-state index contributed by atoms with van der Waals surface area (Å²) < 4.78 is 10.3. The van der Waals surface area contributed by atoms with Crippen LogP contribution >= 0.6 is 0 Å². The normalized spacial score (nSPS) is 14.2. The van der Waals surface area contributed by atoms with E-state index in [2.05, 4.69) is 16.3 Å². The van der Waals surface area contributed by atoms with E-state index in [0.717, 1.165) is 30.8 Å². The number of nitro benzene ring substituents is 1. The van der Waals surface area contributed by atoms with Crippen molar-refractivity contribution in [2.24, 2.45) is 0 Å². The molecule has 1 fully saturated rings. The summed E-state index contributed by atoms with van der Waals surface area (Å²) in [5.74, 6) is -0.0678. The highest BCUT2D eigenvalue weighted by Crippen LogP contribution is 2.34. The predicted molar refractivity (Wildman–Crippen MR) is 113 cm³/mol. The quantitative estimate of drug-likeness (QED) is 0.526. The van der Waals surface area contributed by atoms with Crippen LogP contribution < -0.4 is 14.8 Å². The molecule has 2 aromatic carbocycles. The maximum Gasteiger partial charge on any atom is 0.286 e. The first-order chi connectivity index (χ1) is 14.5. The monoisotopic (exact) mass is 413 g/mol. The Morgan fingerprint density at radius 3 is 2.33 bits per heavy atom. The van der Waals surface area contributed by atoms with E-state index in [9.17, 15) is 14.9 Å². The van der Waals surface area contributed by atoms with Crippen LogP contribution in [0.15, 0.2) is 36.4 Å². The Bertz CT molecular complexity index is 910. The average Bonchev–Trinajstić information content (AvgIpc) is 2.77. The minimum atomic E-state index is -0.596. The maximum absolute atomic E-state index is 12.8. The van der Waals surface area contributed by atoms with Gasteiger partial charge in [0.25, 0.3) is 11.6 Å². The van der Waals surface area contributed by atoms with Crippen molar-refractivity contribution in [3.63, 3.8) is 0 Å². The first-order valence-corrected chi connectivity index (χ1v) is 10.0. The second-order valence-electron chi connectivity index (χ2n) is 7.27. The second kappa shape index (κ2) is 10.1. The molecule has 0 bridgehead atoms. The smallest absolute Gasteiger partial charge is 0.286 e. The number of carbonyl (C=O) groups is 1.